The number of nitrogens with zero attached hydrogens (tertiary/aromatic N) is 1. The molecule has 0 saturated carbocycles. The number of piperidine rings is 1. The Kier molecular flexibility index (Phi) is 4.27. The van der Waals surface area contributed by atoms with Crippen LogP contribution < -0.4 is 0 Å². The zero-order chi connectivity index (χ0) is 14.7. The third kappa shape index (κ3) is 2.83. The molecule has 1 aromatic rings. The van der Waals surface area contributed by atoms with Gasteiger partial charge in [0.25, 0.3) is 0 Å². The number of rotatable bonds is 3. The highest BCUT2D eigenvalue weighted by atomic mass is 16.5. The zero-order valence-electron chi connectivity index (χ0n) is 12.3. The molecule has 2 aliphatic heterocycles. The van der Waals surface area contributed by atoms with E-state index in [0.717, 1.165) is 38.3 Å². The lowest BCUT2D eigenvalue weighted by atomic mass is 9.72. The summed E-state index contributed by atoms with van der Waals surface area (Å²) in [5, 5.41) is 9.80. The van der Waals surface area contributed by atoms with Crippen LogP contribution in [0.25, 0.3) is 0 Å². The molecule has 4 heteroatoms. The Morgan fingerprint density at radius 2 is 1.95 bits per heavy atom. The standard InChI is InChI=1S/C17H23NO3/c19-16(20)17(14-5-2-1-3-6-14)8-10-18(11-9-17)15-7-4-12-21-13-15/h1-3,5-6,15H,4,7-13H2,(H,19,20). The molecule has 0 radical (unpaired) electrons. The topological polar surface area (TPSA) is 49.8 Å². The van der Waals surface area contributed by atoms with Gasteiger partial charge in [0.05, 0.1) is 12.0 Å². The fourth-order valence-electron chi connectivity index (χ4n) is 3.67. The summed E-state index contributed by atoms with van der Waals surface area (Å²) in [6.45, 7) is 3.35. The summed E-state index contributed by atoms with van der Waals surface area (Å²) in [6, 6.07) is 10.2. The minimum Gasteiger partial charge on any atom is -0.481 e. The maximum atomic E-state index is 11.9. The van der Waals surface area contributed by atoms with Crippen LogP contribution in [0, 0.1) is 0 Å². The average Bonchev–Trinajstić information content (AvgIpc) is 2.56. The minimum absolute atomic E-state index is 0.473. The molecule has 1 aromatic carbocycles. The van der Waals surface area contributed by atoms with Gasteiger partial charge in [0.2, 0.25) is 0 Å². The van der Waals surface area contributed by atoms with Gasteiger partial charge >= 0.3 is 5.97 Å². The van der Waals surface area contributed by atoms with E-state index in [2.05, 4.69) is 4.90 Å². The van der Waals surface area contributed by atoms with Crippen molar-refractivity contribution in [2.45, 2.75) is 37.1 Å². The van der Waals surface area contributed by atoms with Crippen molar-refractivity contribution in [2.75, 3.05) is 26.3 Å². The van der Waals surface area contributed by atoms with Gasteiger partial charge in [-0.3, -0.25) is 9.69 Å². The molecule has 4 nitrogen and oxygen atoms in total. The Morgan fingerprint density at radius 1 is 1.24 bits per heavy atom. The molecule has 3 rings (SSSR count). The Bertz CT molecular complexity index is 474. The van der Waals surface area contributed by atoms with E-state index in [1.807, 2.05) is 30.3 Å². The average molecular weight is 289 g/mol. The molecule has 2 heterocycles. The van der Waals surface area contributed by atoms with Crippen LogP contribution in [0.3, 0.4) is 0 Å². The van der Waals surface area contributed by atoms with Crippen LogP contribution >= 0.6 is 0 Å². The van der Waals surface area contributed by atoms with Gasteiger partial charge in [-0.25, -0.2) is 0 Å². The molecule has 1 N–H and O–H groups in total. The van der Waals surface area contributed by atoms with Crippen molar-refractivity contribution < 1.29 is 14.6 Å². The molecule has 0 aromatic heterocycles. The highest BCUT2D eigenvalue weighted by molar-refractivity contribution is 5.81. The lowest BCUT2D eigenvalue weighted by molar-refractivity contribution is -0.146. The summed E-state index contributed by atoms with van der Waals surface area (Å²) in [7, 11) is 0. The van der Waals surface area contributed by atoms with Crippen LogP contribution in [-0.4, -0.2) is 48.3 Å². The van der Waals surface area contributed by atoms with E-state index in [0.29, 0.717) is 18.9 Å². The largest absolute Gasteiger partial charge is 0.481 e. The van der Waals surface area contributed by atoms with E-state index in [-0.39, 0.29) is 0 Å². The molecule has 1 atom stereocenters. The summed E-state index contributed by atoms with van der Waals surface area (Å²) < 4.78 is 5.56. The van der Waals surface area contributed by atoms with E-state index in [4.69, 9.17) is 4.74 Å². The fraction of sp³-hybridized carbons (Fsp3) is 0.588. The Labute approximate surface area is 125 Å². The molecule has 1 unspecified atom stereocenters. The monoisotopic (exact) mass is 289 g/mol. The third-order valence-corrected chi connectivity index (χ3v) is 5.04. The summed E-state index contributed by atoms with van der Waals surface area (Å²) in [5.41, 5.74) is 0.227. The Hall–Kier alpha value is -1.39. The molecule has 0 bridgehead atoms. The molecule has 2 aliphatic rings. The van der Waals surface area contributed by atoms with Crippen LogP contribution in [0.5, 0.6) is 0 Å². The molecular weight excluding hydrogens is 266 g/mol. The number of benzene rings is 1. The van der Waals surface area contributed by atoms with Gasteiger partial charge < -0.3 is 9.84 Å². The summed E-state index contributed by atoms with van der Waals surface area (Å²) in [6.07, 6.45) is 3.65. The molecule has 0 amide bonds. The van der Waals surface area contributed by atoms with E-state index in [1.165, 1.54) is 6.42 Å². The Balaban J connectivity index is 1.73. The summed E-state index contributed by atoms with van der Waals surface area (Å²) >= 11 is 0. The lowest BCUT2D eigenvalue weighted by Gasteiger charge is -2.43. The van der Waals surface area contributed by atoms with Gasteiger partial charge in [-0.15, -0.1) is 0 Å². The molecular formula is C17H23NO3. The first-order valence-electron chi connectivity index (χ1n) is 7.83. The normalized spacial score (nSPS) is 26.4. The van der Waals surface area contributed by atoms with E-state index in [1.54, 1.807) is 0 Å². The number of carboxylic acids is 1. The highest BCUT2D eigenvalue weighted by Gasteiger charge is 2.44. The fourth-order valence-corrected chi connectivity index (χ4v) is 3.67. The van der Waals surface area contributed by atoms with Crippen molar-refractivity contribution in [3.8, 4) is 0 Å². The SMILES string of the molecule is O=C(O)C1(c2ccccc2)CCN(C2CCCOC2)CC1. The zero-order valence-corrected chi connectivity index (χ0v) is 12.3. The predicted octanol–water partition coefficient (Wildman–Crippen LogP) is 2.28. The van der Waals surface area contributed by atoms with Crippen LogP contribution in [0.1, 0.15) is 31.2 Å². The second-order valence-electron chi connectivity index (χ2n) is 6.16. The quantitative estimate of drug-likeness (QED) is 0.927. The Morgan fingerprint density at radius 3 is 2.52 bits per heavy atom. The van der Waals surface area contributed by atoms with Gasteiger partial charge in [0, 0.05) is 12.6 Å². The van der Waals surface area contributed by atoms with Gasteiger partial charge in [-0.1, -0.05) is 30.3 Å². The van der Waals surface area contributed by atoms with Crippen molar-refractivity contribution >= 4 is 5.97 Å². The maximum Gasteiger partial charge on any atom is 0.314 e. The number of ether oxygens (including phenoxy) is 1. The van der Waals surface area contributed by atoms with Crippen molar-refractivity contribution in [2.24, 2.45) is 0 Å². The number of aliphatic carboxylic acids is 1. The third-order valence-electron chi connectivity index (χ3n) is 5.04. The van der Waals surface area contributed by atoms with Crippen molar-refractivity contribution in [1.29, 1.82) is 0 Å². The predicted molar refractivity (Wildman–Crippen MR) is 80.4 cm³/mol. The first-order chi connectivity index (χ1) is 10.2. The number of hydrogen-bond donors (Lipinski definition) is 1. The van der Waals surface area contributed by atoms with E-state index >= 15 is 0 Å². The number of hydrogen-bond acceptors (Lipinski definition) is 3. The maximum absolute atomic E-state index is 11.9. The molecule has 2 fully saturated rings. The summed E-state index contributed by atoms with van der Waals surface area (Å²) in [4.78, 5) is 14.3. The second-order valence-corrected chi connectivity index (χ2v) is 6.16. The van der Waals surface area contributed by atoms with Crippen LogP contribution in [-0.2, 0) is 14.9 Å². The van der Waals surface area contributed by atoms with Crippen LogP contribution in [0.2, 0.25) is 0 Å². The first-order valence-corrected chi connectivity index (χ1v) is 7.83. The van der Waals surface area contributed by atoms with Crippen molar-refractivity contribution in [3.05, 3.63) is 35.9 Å². The molecule has 0 aliphatic carbocycles. The van der Waals surface area contributed by atoms with Gasteiger partial charge in [0.15, 0.2) is 0 Å². The number of likely N-dealkylation sites (tertiary alicyclic amines) is 1. The molecule has 114 valence electrons. The van der Waals surface area contributed by atoms with Gasteiger partial charge in [-0.05, 0) is 44.3 Å². The van der Waals surface area contributed by atoms with Crippen molar-refractivity contribution in [1.82, 2.24) is 4.90 Å². The molecule has 2 saturated heterocycles. The number of carbonyl (C=O) groups is 1. The summed E-state index contributed by atoms with van der Waals surface area (Å²) in [5.74, 6) is -0.687. The van der Waals surface area contributed by atoms with Crippen LogP contribution in [0.4, 0.5) is 0 Å². The molecule has 21 heavy (non-hydrogen) atoms. The van der Waals surface area contributed by atoms with Crippen LogP contribution in [0.15, 0.2) is 30.3 Å². The van der Waals surface area contributed by atoms with E-state index in [9.17, 15) is 9.90 Å². The minimum atomic E-state index is -0.715. The van der Waals surface area contributed by atoms with Gasteiger partial charge in [0.1, 0.15) is 0 Å². The van der Waals surface area contributed by atoms with Crippen molar-refractivity contribution in [3.63, 3.8) is 0 Å². The second kappa shape index (κ2) is 6.16. The van der Waals surface area contributed by atoms with Gasteiger partial charge in [-0.2, -0.15) is 0 Å². The first kappa shape index (κ1) is 14.5. The number of carboxylic acid groups (broad SMARTS) is 1. The molecule has 0 spiro atoms. The lowest BCUT2D eigenvalue weighted by Crippen LogP contribution is -2.52. The highest BCUT2D eigenvalue weighted by Crippen LogP contribution is 2.37. The smallest absolute Gasteiger partial charge is 0.314 e. The van der Waals surface area contributed by atoms with E-state index < -0.39 is 11.4 Å².